The Bertz CT molecular complexity index is 540. The second-order valence-electron chi connectivity index (χ2n) is 5.68. The lowest BCUT2D eigenvalue weighted by molar-refractivity contribution is 0.215. The molecule has 0 fully saturated rings. The van der Waals surface area contributed by atoms with Crippen LogP contribution in [0, 0.1) is 0 Å². The smallest absolute Gasteiger partial charge is 0.121 e. The highest BCUT2D eigenvalue weighted by Crippen LogP contribution is 2.26. The van der Waals surface area contributed by atoms with Crippen molar-refractivity contribution >= 4 is 15.9 Å². The molecule has 1 aromatic heterocycles. The lowest BCUT2D eigenvalue weighted by Crippen LogP contribution is -2.11. The van der Waals surface area contributed by atoms with E-state index >= 15 is 0 Å². The van der Waals surface area contributed by atoms with E-state index in [2.05, 4.69) is 53.8 Å². The molecule has 3 heteroatoms. The largest absolute Gasteiger partial charge is 0.382 e. The van der Waals surface area contributed by atoms with Gasteiger partial charge in [-0.2, -0.15) is 0 Å². The third-order valence-corrected chi connectivity index (χ3v) is 3.59. The van der Waals surface area contributed by atoms with Gasteiger partial charge in [0.15, 0.2) is 0 Å². The van der Waals surface area contributed by atoms with Gasteiger partial charge < -0.3 is 5.11 Å². The average Bonchev–Trinajstić information content (AvgIpc) is 2.38. The zero-order chi connectivity index (χ0) is 14.0. The molecule has 0 aliphatic rings. The normalized spacial score (nSPS) is 13.3. The van der Waals surface area contributed by atoms with Gasteiger partial charge in [-0.1, -0.05) is 45.0 Å². The molecule has 0 radical (unpaired) electrons. The molecule has 0 aliphatic heterocycles. The fourth-order valence-corrected chi connectivity index (χ4v) is 2.12. The Kier molecular flexibility index (Phi) is 4.07. The molecule has 1 heterocycles. The van der Waals surface area contributed by atoms with E-state index in [1.165, 1.54) is 5.56 Å². The number of nitrogens with zero attached hydrogens (tertiary/aromatic N) is 1. The Labute approximate surface area is 122 Å². The predicted octanol–water partition coefficient (Wildman–Crippen LogP) is 4.22. The Morgan fingerprint density at radius 3 is 2.16 bits per heavy atom. The molecule has 19 heavy (non-hydrogen) atoms. The second kappa shape index (κ2) is 5.43. The van der Waals surface area contributed by atoms with Crippen molar-refractivity contribution in [3.05, 3.63) is 63.9 Å². The fraction of sp³-hybridized carbons (Fsp3) is 0.312. The number of rotatable bonds is 2. The van der Waals surface area contributed by atoms with Crippen molar-refractivity contribution in [1.29, 1.82) is 0 Å². The Balaban J connectivity index is 2.25. The van der Waals surface area contributed by atoms with Crippen LogP contribution in [-0.2, 0) is 5.41 Å². The molecule has 2 aromatic rings. The fourth-order valence-electron chi connectivity index (χ4n) is 1.89. The molecule has 1 N–H and O–H groups in total. The average molecular weight is 320 g/mol. The summed E-state index contributed by atoms with van der Waals surface area (Å²) >= 11 is 3.34. The predicted molar refractivity (Wildman–Crippen MR) is 81.1 cm³/mol. The molecule has 0 saturated heterocycles. The van der Waals surface area contributed by atoms with Gasteiger partial charge in [0.1, 0.15) is 6.10 Å². The zero-order valence-corrected chi connectivity index (χ0v) is 13.0. The van der Waals surface area contributed by atoms with Gasteiger partial charge in [-0.3, -0.25) is 4.98 Å². The van der Waals surface area contributed by atoms with Gasteiger partial charge in [-0.05, 0) is 44.6 Å². The van der Waals surface area contributed by atoms with Crippen LogP contribution in [-0.4, -0.2) is 10.1 Å². The first-order chi connectivity index (χ1) is 8.88. The number of halogens is 1. The van der Waals surface area contributed by atoms with Crippen LogP contribution in [0.5, 0.6) is 0 Å². The third kappa shape index (κ3) is 3.43. The first-order valence-corrected chi connectivity index (χ1v) is 7.07. The van der Waals surface area contributed by atoms with Crippen LogP contribution in [0.3, 0.4) is 0 Å². The quantitative estimate of drug-likeness (QED) is 0.898. The minimum absolute atomic E-state index is 0.124. The molecule has 2 rings (SSSR count). The van der Waals surface area contributed by atoms with Gasteiger partial charge in [0, 0.05) is 10.7 Å². The molecular formula is C16H18BrNO. The number of aliphatic hydroxyl groups is 1. The minimum Gasteiger partial charge on any atom is -0.382 e. The van der Waals surface area contributed by atoms with E-state index in [0.717, 1.165) is 10.0 Å². The van der Waals surface area contributed by atoms with Crippen LogP contribution in [0.4, 0.5) is 0 Å². The molecule has 0 aliphatic carbocycles. The molecule has 2 nitrogen and oxygen atoms in total. The highest BCUT2D eigenvalue weighted by Gasteiger charge is 2.15. The SMILES string of the molecule is CC(C)(C)c1ccc(C(O)c2ccc(Br)cn2)cc1. The van der Waals surface area contributed by atoms with Crippen molar-refractivity contribution in [2.24, 2.45) is 0 Å². The number of benzene rings is 1. The van der Waals surface area contributed by atoms with Crippen LogP contribution in [0.1, 0.15) is 43.7 Å². The van der Waals surface area contributed by atoms with Gasteiger partial charge in [-0.15, -0.1) is 0 Å². The molecular weight excluding hydrogens is 302 g/mol. The van der Waals surface area contributed by atoms with E-state index in [0.29, 0.717) is 5.69 Å². The van der Waals surface area contributed by atoms with Crippen molar-refractivity contribution in [2.75, 3.05) is 0 Å². The van der Waals surface area contributed by atoms with Crippen LogP contribution >= 0.6 is 15.9 Å². The summed E-state index contributed by atoms with van der Waals surface area (Å²) in [7, 11) is 0. The van der Waals surface area contributed by atoms with Crippen LogP contribution in [0.2, 0.25) is 0 Å². The summed E-state index contributed by atoms with van der Waals surface area (Å²) in [5.41, 5.74) is 2.90. The zero-order valence-electron chi connectivity index (χ0n) is 11.4. The van der Waals surface area contributed by atoms with Crippen molar-refractivity contribution in [3.8, 4) is 0 Å². The molecule has 0 bridgehead atoms. The van der Waals surface area contributed by atoms with Gasteiger partial charge >= 0.3 is 0 Å². The highest BCUT2D eigenvalue weighted by molar-refractivity contribution is 9.10. The van der Waals surface area contributed by atoms with E-state index in [1.54, 1.807) is 6.20 Å². The van der Waals surface area contributed by atoms with Crippen molar-refractivity contribution in [1.82, 2.24) is 4.98 Å². The lowest BCUT2D eigenvalue weighted by Gasteiger charge is -2.20. The molecule has 100 valence electrons. The summed E-state index contributed by atoms with van der Waals surface area (Å²) < 4.78 is 0.909. The summed E-state index contributed by atoms with van der Waals surface area (Å²) in [6.45, 7) is 6.53. The number of hydrogen-bond acceptors (Lipinski definition) is 2. The molecule has 0 amide bonds. The van der Waals surface area contributed by atoms with E-state index in [1.807, 2.05) is 24.3 Å². The first-order valence-electron chi connectivity index (χ1n) is 6.28. The molecule has 0 spiro atoms. The maximum Gasteiger partial charge on any atom is 0.121 e. The van der Waals surface area contributed by atoms with E-state index in [9.17, 15) is 5.11 Å². The summed E-state index contributed by atoms with van der Waals surface area (Å²) in [5, 5.41) is 10.3. The van der Waals surface area contributed by atoms with Crippen LogP contribution in [0.25, 0.3) is 0 Å². The standard InChI is InChI=1S/C16H18BrNO/c1-16(2,3)12-6-4-11(5-7-12)15(19)14-9-8-13(17)10-18-14/h4-10,15,19H,1-3H3. The van der Waals surface area contributed by atoms with E-state index < -0.39 is 6.10 Å². The molecule has 0 saturated carbocycles. The number of pyridine rings is 1. The lowest BCUT2D eigenvalue weighted by atomic mass is 9.86. The Morgan fingerprint density at radius 2 is 1.68 bits per heavy atom. The molecule has 1 atom stereocenters. The summed E-state index contributed by atoms with van der Waals surface area (Å²) in [6, 6.07) is 11.8. The second-order valence-corrected chi connectivity index (χ2v) is 6.59. The van der Waals surface area contributed by atoms with Crippen LogP contribution < -0.4 is 0 Å². The number of aliphatic hydroxyl groups excluding tert-OH is 1. The number of hydrogen-bond donors (Lipinski definition) is 1. The van der Waals surface area contributed by atoms with E-state index in [4.69, 9.17) is 0 Å². The summed E-state index contributed by atoms with van der Waals surface area (Å²) in [5.74, 6) is 0. The number of aromatic nitrogens is 1. The maximum absolute atomic E-state index is 10.3. The van der Waals surface area contributed by atoms with Gasteiger partial charge in [0.05, 0.1) is 5.69 Å². The Hall–Kier alpha value is -1.19. The minimum atomic E-state index is -0.679. The summed E-state index contributed by atoms with van der Waals surface area (Å²) in [6.07, 6.45) is 1.02. The van der Waals surface area contributed by atoms with Gasteiger partial charge in [0.2, 0.25) is 0 Å². The van der Waals surface area contributed by atoms with Gasteiger partial charge in [0.25, 0.3) is 0 Å². The Morgan fingerprint density at radius 1 is 1.05 bits per heavy atom. The maximum atomic E-state index is 10.3. The van der Waals surface area contributed by atoms with E-state index in [-0.39, 0.29) is 5.41 Å². The topological polar surface area (TPSA) is 33.1 Å². The first kappa shape index (κ1) is 14.2. The van der Waals surface area contributed by atoms with Crippen molar-refractivity contribution < 1.29 is 5.11 Å². The van der Waals surface area contributed by atoms with Crippen molar-refractivity contribution in [3.63, 3.8) is 0 Å². The highest BCUT2D eigenvalue weighted by atomic mass is 79.9. The van der Waals surface area contributed by atoms with Crippen molar-refractivity contribution in [2.45, 2.75) is 32.3 Å². The summed E-state index contributed by atoms with van der Waals surface area (Å²) in [4.78, 5) is 4.23. The third-order valence-electron chi connectivity index (χ3n) is 3.12. The molecule has 1 aromatic carbocycles. The monoisotopic (exact) mass is 319 g/mol. The van der Waals surface area contributed by atoms with Gasteiger partial charge in [-0.25, -0.2) is 0 Å². The van der Waals surface area contributed by atoms with Crippen LogP contribution in [0.15, 0.2) is 47.1 Å². The molecule has 1 unspecified atom stereocenters.